The average molecular weight is 779 g/mol. The van der Waals surface area contributed by atoms with Crippen LogP contribution in [0.25, 0.3) is 0 Å². The lowest BCUT2D eigenvalue weighted by Gasteiger charge is -2.18. The molecule has 0 aliphatic carbocycles. The summed E-state index contributed by atoms with van der Waals surface area (Å²) in [7, 11) is 0. The SMILES string of the molecule is CC/C=C\C/C=C\C/C=C\C/C=C\CCCCCCC(=O)OCC(COC(=O)CCCCCCCC)OC(=O)CCCCCCC/C=C\C/C=C\C/C=C\CC. The lowest BCUT2D eigenvalue weighted by molar-refractivity contribution is -0.167. The predicted molar refractivity (Wildman–Crippen MR) is 237 cm³/mol. The van der Waals surface area contributed by atoms with Gasteiger partial charge in [-0.15, -0.1) is 0 Å². The number of esters is 3. The maximum absolute atomic E-state index is 12.7. The molecule has 6 heteroatoms. The second kappa shape index (κ2) is 44.3. The number of ether oxygens (including phenoxy) is 3. The standard InChI is InChI=1S/C50H82O6/c1-4-7-10-13-16-18-20-22-24-25-27-28-30-32-34-37-40-43-49(52)55-46-47(45-54-48(51)42-39-36-15-12-9-6-3)56-50(53)44-41-38-35-33-31-29-26-23-21-19-17-14-11-8-5-2/h7-8,10-11,16-19,22-24,26-28,47H,4-6,9,12-15,20-21,25,29-46H2,1-3H3/b10-7-,11-8-,18-16-,19-17-,24-22-,26-23-,28-27-. The Hall–Kier alpha value is -3.41. The van der Waals surface area contributed by atoms with Crippen molar-refractivity contribution in [2.24, 2.45) is 0 Å². The highest BCUT2D eigenvalue weighted by atomic mass is 16.6. The highest BCUT2D eigenvalue weighted by molar-refractivity contribution is 5.71. The molecular weight excluding hydrogens is 697 g/mol. The molecule has 0 radical (unpaired) electrons. The molecule has 0 bridgehead atoms. The molecule has 0 aromatic rings. The molecule has 0 N–H and O–H groups in total. The van der Waals surface area contributed by atoms with Crippen LogP contribution < -0.4 is 0 Å². The Morgan fingerprint density at radius 3 is 1.09 bits per heavy atom. The fourth-order valence-corrected chi connectivity index (χ4v) is 5.80. The average Bonchev–Trinajstić information content (AvgIpc) is 3.19. The van der Waals surface area contributed by atoms with Gasteiger partial charge < -0.3 is 14.2 Å². The van der Waals surface area contributed by atoms with Crippen molar-refractivity contribution in [1.29, 1.82) is 0 Å². The number of carbonyl (C=O) groups is 3. The van der Waals surface area contributed by atoms with Crippen LogP contribution in [0.2, 0.25) is 0 Å². The van der Waals surface area contributed by atoms with Crippen LogP contribution in [0.15, 0.2) is 85.1 Å². The van der Waals surface area contributed by atoms with E-state index in [1.165, 1.54) is 19.3 Å². The largest absolute Gasteiger partial charge is 0.462 e. The number of unbranched alkanes of at least 4 members (excludes halogenated alkanes) is 14. The van der Waals surface area contributed by atoms with E-state index in [1.807, 2.05) is 0 Å². The van der Waals surface area contributed by atoms with Crippen molar-refractivity contribution in [3.8, 4) is 0 Å². The van der Waals surface area contributed by atoms with Gasteiger partial charge in [0.2, 0.25) is 0 Å². The Labute approximate surface area is 344 Å². The Balaban J connectivity index is 4.36. The molecule has 0 saturated heterocycles. The highest BCUT2D eigenvalue weighted by Crippen LogP contribution is 2.12. The molecule has 0 aliphatic heterocycles. The van der Waals surface area contributed by atoms with Crippen LogP contribution in [-0.2, 0) is 28.6 Å². The molecule has 0 rings (SSSR count). The van der Waals surface area contributed by atoms with Gasteiger partial charge in [0.1, 0.15) is 13.2 Å². The van der Waals surface area contributed by atoms with E-state index in [0.29, 0.717) is 19.3 Å². The van der Waals surface area contributed by atoms with Gasteiger partial charge in [0.15, 0.2) is 6.10 Å². The molecule has 0 fully saturated rings. The van der Waals surface area contributed by atoms with E-state index in [4.69, 9.17) is 14.2 Å². The molecule has 0 spiro atoms. The third kappa shape index (κ3) is 41.7. The van der Waals surface area contributed by atoms with Crippen LogP contribution in [-0.4, -0.2) is 37.2 Å². The monoisotopic (exact) mass is 779 g/mol. The van der Waals surface area contributed by atoms with E-state index in [9.17, 15) is 14.4 Å². The van der Waals surface area contributed by atoms with Gasteiger partial charge in [-0.05, 0) is 89.9 Å². The zero-order valence-electron chi connectivity index (χ0n) is 36.1. The molecule has 0 aliphatic rings. The normalized spacial score (nSPS) is 12.8. The van der Waals surface area contributed by atoms with Gasteiger partial charge in [-0.2, -0.15) is 0 Å². The van der Waals surface area contributed by atoms with Gasteiger partial charge >= 0.3 is 17.9 Å². The van der Waals surface area contributed by atoms with Crippen molar-refractivity contribution in [2.45, 2.75) is 200 Å². The minimum atomic E-state index is -0.791. The van der Waals surface area contributed by atoms with Gasteiger partial charge in [0.05, 0.1) is 0 Å². The Morgan fingerprint density at radius 1 is 0.375 bits per heavy atom. The first-order chi connectivity index (χ1) is 27.5. The maximum Gasteiger partial charge on any atom is 0.306 e. The predicted octanol–water partition coefficient (Wildman–Crippen LogP) is 14.5. The van der Waals surface area contributed by atoms with E-state index in [0.717, 1.165) is 135 Å². The lowest BCUT2D eigenvalue weighted by atomic mass is 10.1. The van der Waals surface area contributed by atoms with Crippen molar-refractivity contribution in [2.75, 3.05) is 13.2 Å². The van der Waals surface area contributed by atoms with Crippen LogP contribution >= 0.6 is 0 Å². The van der Waals surface area contributed by atoms with Crippen molar-refractivity contribution < 1.29 is 28.6 Å². The lowest BCUT2D eigenvalue weighted by Crippen LogP contribution is -2.30. The Kier molecular flexibility index (Phi) is 41.6. The smallest absolute Gasteiger partial charge is 0.306 e. The number of rotatable bonds is 39. The molecule has 1 unspecified atom stereocenters. The fraction of sp³-hybridized carbons (Fsp3) is 0.660. The van der Waals surface area contributed by atoms with E-state index in [2.05, 4.69) is 106 Å². The van der Waals surface area contributed by atoms with Crippen molar-refractivity contribution >= 4 is 17.9 Å². The first-order valence-corrected chi connectivity index (χ1v) is 22.6. The second-order valence-electron chi connectivity index (χ2n) is 14.5. The summed E-state index contributed by atoms with van der Waals surface area (Å²) in [6, 6.07) is 0. The minimum Gasteiger partial charge on any atom is -0.462 e. The van der Waals surface area contributed by atoms with Gasteiger partial charge in [-0.25, -0.2) is 0 Å². The maximum atomic E-state index is 12.7. The third-order valence-corrected chi connectivity index (χ3v) is 9.15. The number of carbonyl (C=O) groups excluding carboxylic acids is 3. The molecule has 0 heterocycles. The number of hydrogen-bond donors (Lipinski definition) is 0. The first-order valence-electron chi connectivity index (χ1n) is 22.6. The van der Waals surface area contributed by atoms with Gasteiger partial charge in [-0.3, -0.25) is 14.4 Å². The topological polar surface area (TPSA) is 78.9 Å². The molecular formula is C50H82O6. The summed E-state index contributed by atoms with van der Waals surface area (Å²) in [6.45, 7) is 6.29. The fourth-order valence-electron chi connectivity index (χ4n) is 5.80. The first kappa shape index (κ1) is 52.6. The summed E-state index contributed by atoms with van der Waals surface area (Å²) in [6.07, 6.45) is 55.8. The second-order valence-corrected chi connectivity index (χ2v) is 14.5. The summed E-state index contributed by atoms with van der Waals surface area (Å²) in [5, 5.41) is 0. The molecule has 0 saturated carbocycles. The molecule has 1 atom stereocenters. The van der Waals surface area contributed by atoms with Crippen LogP contribution in [0.3, 0.4) is 0 Å². The number of allylic oxidation sites excluding steroid dienone is 14. The highest BCUT2D eigenvalue weighted by Gasteiger charge is 2.19. The summed E-state index contributed by atoms with van der Waals surface area (Å²) < 4.78 is 16.6. The van der Waals surface area contributed by atoms with E-state index < -0.39 is 6.10 Å². The minimum absolute atomic E-state index is 0.0931. The third-order valence-electron chi connectivity index (χ3n) is 9.15. The molecule has 318 valence electrons. The molecule has 0 aromatic heterocycles. The van der Waals surface area contributed by atoms with Crippen LogP contribution in [0, 0.1) is 0 Å². The molecule has 56 heavy (non-hydrogen) atoms. The molecule has 0 aromatic carbocycles. The Morgan fingerprint density at radius 2 is 0.696 bits per heavy atom. The van der Waals surface area contributed by atoms with Crippen molar-refractivity contribution in [3.63, 3.8) is 0 Å². The zero-order valence-corrected chi connectivity index (χ0v) is 36.1. The van der Waals surface area contributed by atoms with Crippen molar-refractivity contribution in [3.05, 3.63) is 85.1 Å². The van der Waals surface area contributed by atoms with Crippen LogP contribution in [0.4, 0.5) is 0 Å². The molecule has 0 amide bonds. The summed E-state index contributed by atoms with van der Waals surface area (Å²) >= 11 is 0. The quantitative estimate of drug-likeness (QED) is 0.0268. The number of hydrogen-bond acceptors (Lipinski definition) is 6. The van der Waals surface area contributed by atoms with Gasteiger partial charge in [0, 0.05) is 19.3 Å². The van der Waals surface area contributed by atoms with Gasteiger partial charge in [0.25, 0.3) is 0 Å². The van der Waals surface area contributed by atoms with E-state index in [1.54, 1.807) is 0 Å². The van der Waals surface area contributed by atoms with Crippen LogP contribution in [0.1, 0.15) is 194 Å². The zero-order chi connectivity index (χ0) is 40.8. The Bertz CT molecular complexity index is 1120. The van der Waals surface area contributed by atoms with Gasteiger partial charge in [-0.1, -0.05) is 170 Å². The summed E-state index contributed by atoms with van der Waals surface area (Å²) in [4.78, 5) is 37.6. The molecule has 6 nitrogen and oxygen atoms in total. The van der Waals surface area contributed by atoms with E-state index in [-0.39, 0.29) is 31.1 Å². The van der Waals surface area contributed by atoms with Crippen LogP contribution in [0.5, 0.6) is 0 Å². The summed E-state index contributed by atoms with van der Waals surface area (Å²) in [5.74, 6) is -0.953. The summed E-state index contributed by atoms with van der Waals surface area (Å²) in [5.41, 5.74) is 0. The van der Waals surface area contributed by atoms with Crippen molar-refractivity contribution in [1.82, 2.24) is 0 Å². The van der Waals surface area contributed by atoms with E-state index >= 15 is 0 Å².